The summed E-state index contributed by atoms with van der Waals surface area (Å²) in [5, 5.41) is 9.61. The zero-order valence-electron chi connectivity index (χ0n) is 11.7. The third-order valence-corrected chi connectivity index (χ3v) is 3.92. The summed E-state index contributed by atoms with van der Waals surface area (Å²) in [4.78, 5) is 17.7. The fourth-order valence-electron chi connectivity index (χ4n) is 2.45. The lowest BCUT2D eigenvalue weighted by Gasteiger charge is -2.39. The van der Waals surface area contributed by atoms with E-state index in [2.05, 4.69) is 4.98 Å². The van der Waals surface area contributed by atoms with E-state index in [9.17, 15) is 23.1 Å². The quantitative estimate of drug-likeness (QED) is 0.911. The van der Waals surface area contributed by atoms with Crippen LogP contribution in [0.5, 0.6) is 0 Å². The zero-order valence-corrected chi connectivity index (χ0v) is 11.7. The number of carbonyl (C=O) groups is 1. The van der Waals surface area contributed by atoms with Crippen molar-refractivity contribution in [1.82, 2.24) is 9.88 Å². The second-order valence-electron chi connectivity index (χ2n) is 5.21. The maximum absolute atomic E-state index is 12.7. The van der Waals surface area contributed by atoms with E-state index in [4.69, 9.17) is 0 Å². The van der Waals surface area contributed by atoms with Crippen molar-refractivity contribution in [3.8, 4) is 0 Å². The molecule has 0 unspecified atom stereocenters. The molecule has 1 saturated heterocycles. The minimum atomic E-state index is -4.66. The summed E-state index contributed by atoms with van der Waals surface area (Å²) in [6, 6.07) is 1.58. The summed E-state index contributed by atoms with van der Waals surface area (Å²) >= 11 is 0. The highest BCUT2D eigenvalue weighted by atomic mass is 19.4. The van der Waals surface area contributed by atoms with Gasteiger partial charge in [-0.05, 0) is 18.1 Å². The van der Waals surface area contributed by atoms with Gasteiger partial charge in [-0.25, -0.2) is 0 Å². The smallest absolute Gasteiger partial charge is 0.380 e. The van der Waals surface area contributed by atoms with Gasteiger partial charge in [-0.15, -0.1) is 0 Å². The van der Waals surface area contributed by atoms with Gasteiger partial charge < -0.3 is 10.0 Å². The van der Waals surface area contributed by atoms with Crippen LogP contribution in [0.1, 0.15) is 35.7 Å². The minimum absolute atomic E-state index is 0.111. The van der Waals surface area contributed by atoms with Gasteiger partial charge in [0.05, 0.1) is 0 Å². The van der Waals surface area contributed by atoms with Crippen LogP contribution in [0.15, 0.2) is 18.5 Å². The van der Waals surface area contributed by atoms with E-state index < -0.39 is 24.6 Å². The van der Waals surface area contributed by atoms with Gasteiger partial charge in [0.25, 0.3) is 5.91 Å². The van der Waals surface area contributed by atoms with Crippen molar-refractivity contribution in [3.05, 3.63) is 29.6 Å². The Kier molecular flexibility index (Phi) is 4.22. The number of piperidine rings is 1. The van der Waals surface area contributed by atoms with Gasteiger partial charge in [0, 0.05) is 43.9 Å². The predicted molar refractivity (Wildman–Crippen MR) is 69.8 cm³/mol. The molecule has 1 aliphatic rings. The van der Waals surface area contributed by atoms with Gasteiger partial charge >= 0.3 is 6.18 Å². The fourth-order valence-corrected chi connectivity index (χ4v) is 2.45. The maximum atomic E-state index is 12.7. The predicted octanol–water partition coefficient (Wildman–Crippen LogP) is 2.17. The van der Waals surface area contributed by atoms with Gasteiger partial charge in [-0.2, -0.15) is 13.2 Å². The Morgan fingerprint density at radius 1 is 1.43 bits per heavy atom. The van der Waals surface area contributed by atoms with Crippen molar-refractivity contribution in [2.24, 2.45) is 0 Å². The fraction of sp³-hybridized carbons (Fsp3) is 0.571. The van der Waals surface area contributed by atoms with Crippen LogP contribution >= 0.6 is 0 Å². The first-order chi connectivity index (χ1) is 9.78. The monoisotopic (exact) mass is 302 g/mol. The Labute approximate surface area is 120 Å². The van der Waals surface area contributed by atoms with Crippen LogP contribution in [0.3, 0.4) is 0 Å². The highest BCUT2D eigenvalue weighted by Gasteiger charge is 2.54. The molecule has 1 amide bonds. The molecule has 4 nitrogen and oxygen atoms in total. The van der Waals surface area contributed by atoms with E-state index in [1.165, 1.54) is 11.1 Å². The van der Waals surface area contributed by atoms with Crippen LogP contribution in [0.2, 0.25) is 0 Å². The first kappa shape index (κ1) is 15.8. The molecule has 0 atom stereocenters. The number of rotatable bonds is 2. The molecule has 2 heterocycles. The van der Waals surface area contributed by atoms with Crippen molar-refractivity contribution >= 4 is 5.91 Å². The molecule has 0 aliphatic carbocycles. The van der Waals surface area contributed by atoms with E-state index in [0.717, 1.165) is 5.56 Å². The number of halogens is 3. The maximum Gasteiger partial charge on any atom is 0.417 e. The molecule has 0 spiro atoms. The van der Waals surface area contributed by atoms with E-state index in [0.29, 0.717) is 12.0 Å². The Morgan fingerprint density at radius 2 is 2.05 bits per heavy atom. The minimum Gasteiger partial charge on any atom is -0.380 e. The van der Waals surface area contributed by atoms with Gasteiger partial charge in [0.1, 0.15) is 0 Å². The Balaban J connectivity index is 2.11. The Morgan fingerprint density at radius 3 is 2.57 bits per heavy atom. The third-order valence-electron chi connectivity index (χ3n) is 3.92. The van der Waals surface area contributed by atoms with Crippen LogP contribution < -0.4 is 0 Å². The van der Waals surface area contributed by atoms with Crippen molar-refractivity contribution in [2.45, 2.75) is 38.0 Å². The van der Waals surface area contributed by atoms with Gasteiger partial charge in [0.2, 0.25) is 0 Å². The third kappa shape index (κ3) is 3.02. The molecule has 116 valence electrons. The Hall–Kier alpha value is -1.63. The van der Waals surface area contributed by atoms with Gasteiger partial charge in [-0.1, -0.05) is 6.92 Å². The van der Waals surface area contributed by atoms with Crippen LogP contribution in [-0.4, -0.2) is 45.8 Å². The zero-order chi connectivity index (χ0) is 15.7. The van der Waals surface area contributed by atoms with Crippen LogP contribution in [0.25, 0.3) is 0 Å². The van der Waals surface area contributed by atoms with Crippen molar-refractivity contribution in [1.29, 1.82) is 0 Å². The normalized spacial score (nSPS) is 18.6. The molecule has 1 aromatic heterocycles. The molecule has 1 fully saturated rings. The molecular weight excluding hydrogens is 285 g/mol. The summed E-state index contributed by atoms with van der Waals surface area (Å²) < 4.78 is 38.2. The number of pyridine rings is 1. The Bertz CT molecular complexity index is 523. The topological polar surface area (TPSA) is 53.4 Å². The average Bonchev–Trinajstić information content (AvgIpc) is 2.46. The summed E-state index contributed by atoms with van der Waals surface area (Å²) in [7, 11) is 0. The second-order valence-corrected chi connectivity index (χ2v) is 5.21. The number of likely N-dealkylation sites (tertiary alicyclic amines) is 1. The largest absolute Gasteiger partial charge is 0.417 e. The lowest BCUT2D eigenvalue weighted by Crippen LogP contribution is -2.54. The first-order valence-corrected chi connectivity index (χ1v) is 6.80. The number of hydrogen-bond donors (Lipinski definition) is 1. The van der Waals surface area contributed by atoms with E-state index in [1.54, 1.807) is 12.3 Å². The van der Waals surface area contributed by atoms with Crippen LogP contribution in [-0.2, 0) is 6.42 Å². The summed E-state index contributed by atoms with van der Waals surface area (Å²) in [5.74, 6) is -0.307. The van der Waals surface area contributed by atoms with E-state index in [-0.39, 0.29) is 19.0 Å². The molecule has 1 aromatic rings. The summed E-state index contributed by atoms with van der Waals surface area (Å²) in [6.45, 7) is 1.66. The van der Waals surface area contributed by atoms with Crippen LogP contribution in [0.4, 0.5) is 13.2 Å². The number of alkyl halides is 3. The molecule has 0 radical (unpaired) electrons. The highest BCUT2D eigenvalue weighted by Crippen LogP contribution is 2.38. The number of aliphatic hydroxyl groups is 1. The number of aromatic nitrogens is 1. The molecule has 2 rings (SSSR count). The van der Waals surface area contributed by atoms with E-state index >= 15 is 0 Å². The highest BCUT2D eigenvalue weighted by molar-refractivity contribution is 5.95. The standard InChI is InChI=1S/C14H17F3N2O2/c1-2-10-9-18-6-3-11(10)12(20)19-7-4-13(21,5-8-19)14(15,16)17/h3,6,9,21H,2,4-5,7-8H2,1H3. The lowest BCUT2D eigenvalue weighted by atomic mass is 9.90. The van der Waals surface area contributed by atoms with Crippen molar-refractivity contribution < 1.29 is 23.1 Å². The number of carbonyl (C=O) groups excluding carboxylic acids is 1. The van der Waals surface area contributed by atoms with Gasteiger partial charge in [-0.3, -0.25) is 9.78 Å². The lowest BCUT2D eigenvalue weighted by molar-refractivity contribution is -0.271. The summed E-state index contributed by atoms with van der Waals surface area (Å²) in [5.41, 5.74) is -1.46. The second kappa shape index (κ2) is 5.63. The van der Waals surface area contributed by atoms with Crippen LogP contribution in [0, 0.1) is 0 Å². The molecule has 0 saturated carbocycles. The van der Waals surface area contributed by atoms with Gasteiger partial charge in [0.15, 0.2) is 5.60 Å². The molecule has 0 aromatic carbocycles. The molecule has 21 heavy (non-hydrogen) atoms. The number of amides is 1. The molecule has 1 N–H and O–H groups in total. The summed E-state index contributed by atoms with van der Waals surface area (Å²) in [6.07, 6.45) is -1.95. The number of aryl methyl sites for hydroxylation is 1. The van der Waals surface area contributed by atoms with Crippen molar-refractivity contribution in [2.75, 3.05) is 13.1 Å². The average molecular weight is 302 g/mol. The molecule has 7 heteroatoms. The number of nitrogens with zero attached hydrogens (tertiary/aromatic N) is 2. The molecule has 0 bridgehead atoms. The van der Waals surface area contributed by atoms with Crippen molar-refractivity contribution in [3.63, 3.8) is 0 Å². The molecule has 1 aliphatic heterocycles. The van der Waals surface area contributed by atoms with E-state index in [1.807, 2.05) is 6.92 Å². The SMILES string of the molecule is CCc1cnccc1C(=O)N1CCC(O)(C(F)(F)F)CC1. The number of hydrogen-bond acceptors (Lipinski definition) is 3. The molecular formula is C14H17F3N2O2. The first-order valence-electron chi connectivity index (χ1n) is 6.80.